The number of hydrogen-bond donors (Lipinski definition) is 1. The average Bonchev–Trinajstić information content (AvgIpc) is 3.10. The van der Waals surface area contributed by atoms with Crippen molar-refractivity contribution < 1.29 is 23.6 Å². The van der Waals surface area contributed by atoms with Gasteiger partial charge in [-0.1, -0.05) is 36.4 Å². The molecule has 2 heterocycles. The number of carbonyl (C=O) groups is 2. The zero-order chi connectivity index (χ0) is 19.8. The molecule has 0 aromatic heterocycles. The standard InChI is InChI=1S/C21H20N3O4/c1-23-19(25)17-16(14-11-7-8-12-15(14)27-3)18(22-13-9-5-4-6-10-13)28-20(17)24(2)21(23)26/h4-12,17,22H,1-3H3/q+1. The zero-order valence-corrected chi connectivity index (χ0v) is 15.8. The van der Waals surface area contributed by atoms with Gasteiger partial charge < -0.3 is 14.8 Å². The molecule has 0 radical (unpaired) electrons. The van der Waals surface area contributed by atoms with Crippen LogP contribution in [0.25, 0.3) is 5.57 Å². The number of fused-ring (bicyclic) bond motifs is 1. The summed E-state index contributed by atoms with van der Waals surface area (Å²) in [5.41, 5.74) is 2.17. The molecule has 0 spiro atoms. The summed E-state index contributed by atoms with van der Waals surface area (Å²) in [5, 5.41) is 3.24. The number of nitrogens with zero attached hydrogens (tertiary/aromatic N) is 2. The number of para-hydroxylation sites is 2. The maximum Gasteiger partial charge on any atom is 0.502 e. The Bertz CT molecular complexity index is 1030. The third kappa shape index (κ3) is 2.72. The monoisotopic (exact) mass is 378 g/mol. The fourth-order valence-corrected chi connectivity index (χ4v) is 3.46. The van der Waals surface area contributed by atoms with Crippen LogP contribution >= 0.6 is 0 Å². The maximum absolute atomic E-state index is 13.0. The highest BCUT2D eigenvalue weighted by Gasteiger charge is 2.54. The lowest BCUT2D eigenvalue weighted by Gasteiger charge is -2.20. The summed E-state index contributed by atoms with van der Waals surface area (Å²) >= 11 is 0. The highest BCUT2D eigenvalue weighted by Crippen LogP contribution is 2.41. The molecule has 142 valence electrons. The van der Waals surface area contributed by atoms with Crippen LogP contribution in [0.2, 0.25) is 0 Å². The fraction of sp³-hybridized carbons (Fsp3) is 0.190. The first kappa shape index (κ1) is 17.8. The number of methoxy groups -OCH3 is 1. The smallest absolute Gasteiger partial charge is 0.496 e. The summed E-state index contributed by atoms with van der Waals surface area (Å²) in [7, 11) is 4.65. The Labute approximate surface area is 162 Å². The van der Waals surface area contributed by atoms with Gasteiger partial charge >= 0.3 is 11.9 Å². The SMILES string of the molecule is COc1ccccc1C1=C(Nc2ccccc2)OC2=[N+](C)C(=O)N(C)C(=O)C12. The topological polar surface area (TPSA) is 70.9 Å². The minimum atomic E-state index is -0.741. The number of ether oxygens (including phenoxy) is 2. The van der Waals surface area contributed by atoms with Crippen LogP contribution in [0.15, 0.2) is 60.5 Å². The highest BCUT2D eigenvalue weighted by atomic mass is 16.5. The molecule has 0 fully saturated rings. The molecule has 4 rings (SSSR count). The number of nitrogens with one attached hydrogen (secondary N) is 1. The molecule has 0 saturated heterocycles. The van der Waals surface area contributed by atoms with Gasteiger partial charge in [0.2, 0.25) is 5.88 Å². The molecule has 3 amide bonds. The van der Waals surface area contributed by atoms with Crippen LogP contribution in [0, 0.1) is 5.92 Å². The lowest BCUT2D eigenvalue weighted by molar-refractivity contribution is -0.415. The van der Waals surface area contributed by atoms with Crippen LogP contribution in [0.1, 0.15) is 5.56 Å². The maximum atomic E-state index is 13.0. The van der Waals surface area contributed by atoms with Crippen molar-refractivity contribution in [2.45, 2.75) is 0 Å². The summed E-state index contributed by atoms with van der Waals surface area (Å²) in [5.74, 6) is 0.218. The van der Waals surface area contributed by atoms with E-state index in [-0.39, 0.29) is 11.8 Å². The molecule has 2 aliphatic heterocycles. The highest BCUT2D eigenvalue weighted by molar-refractivity contribution is 6.18. The van der Waals surface area contributed by atoms with E-state index in [0.717, 1.165) is 16.2 Å². The summed E-state index contributed by atoms with van der Waals surface area (Å²) in [6, 6.07) is 16.5. The Morgan fingerprint density at radius 2 is 1.75 bits per heavy atom. The van der Waals surface area contributed by atoms with Crippen LogP contribution in [-0.4, -0.2) is 48.5 Å². The Hall–Kier alpha value is -3.61. The van der Waals surface area contributed by atoms with Crippen molar-refractivity contribution in [3.63, 3.8) is 0 Å². The number of benzene rings is 2. The minimum Gasteiger partial charge on any atom is -0.496 e. The number of hydrogen-bond acceptors (Lipinski definition) is 5. The first-order valence-electron chi connectivity index (χ1n) is 8.82. The molecule has 2 aromatic carbocycles. The van der Waals surface area contributed by atoms with Crippen molar-refractivity contribution in [1.82, 2.24) is 4.90 Å². The zero-order valence-electron chi connectivity index (χ0n) is 15.8. The van der Waals surface area contributed by atoms with Crippen molar-refractivity contribution in [3.8, 4) is 5.75 Å². The number of carbonyl (C=O) groups excluding carboxylic acids is 2. The van der Waals surface area contributed by atoms with Crippen LogP contribution in [0.5, 0.6) is 5.75 Å². The van der Waals surface area contributed by atoms with Gasteiger partial charge in [-0.3, -0.25) is 0 Å². The van der Waals surface area contributed by atoms with Gasteiger partial charge in [-0.25, -0.2) is 4.79 Å². The Morgan fingerprint density at radius 3 is 2.46 bits per heavy atom. The first-order valence-corrected chi connectivity index (χ1v) is 8.82. The summed E-state index contributed by atoms with van der Waals surface area (Å²) in [6.45, 7) is 0. The predicted molar refractivity (Wildman–Crippen MR) is 104 cm³/mol. The van der Waals surface area contributed by atoms with E-state index in [2.05, 4.69) is 5.32 Å². The quantitative estimate of drug-likeness (QED) is 0.829. The molecule has 2 aromatic rings. The van der Waals surface area contributed by atoms with Crippen LogP contribution in [0.4, 0.5) is 10.5 Å². The molecule has 7 nitrogen and oxygen atoms in total. The van der Waals surface area contributed by atoms with Crippen LogP contribution in [0.3, 0.4) is 0 Å². The van der Waals surface area contributed by atoms with Crippen molar-refractivity contribution in [1.29, 1.82) is 0 Å². The number of urea groups is 1. The summed E-state index contributed by atoms with van der Waals surface area (Å²) in [4.78, 5) is 26.5. The van der Waals surface area contributed by atoms with Gasteiger partial charge in [0, 0.05) is 11.3 Å². The molecule has 0 aliphatic carbocycles. The van der Waals surface area contributed by atoms with Crippen LogP contribution in [-0.2, 0) is 9.53 Å². The molecular weight excluding hydrogens is 358 g/mol. The molecule has 7 heteroatoms. The second kappa shape index (κ2) is 6.84. The van der Waals surface area contributed by atoms with Crippen molar-refractivity contribution in [3.05, 3.63) is 66.0 Å². The van der Waals surface area contributed by atoms with Gasteiger partial charge in [0.15, 0.2) is 5.92 Å². The molecule has 1 N–H and O–H groups in total. The van der Waals surface area contributed by atoms with E-state index < -0.39 is 11.9 Å². The van der Waals surface area contributed by atoms with Gasteiger partial charge in [0.1, 0.15) is 5.75 Å². The van der Waals surface area contributed by atoms with Gasteiger partial charge in [0.25, 0.3) is 5.90 Å². The number of rotatable bonds is 4. The van der Waals surface area contributed by atoms with E-state index in [9.17, 15) is 9.59 Å². The van der Waals surface area contributed by atoms with E-state index in [1.165, 1.54) is 11.6 Å². The number of anilines is 1. The van der Waals surface area contributed by atoms with E-state index in [0.29, 0.717) is 17.2 Å². The lowest BCUT2D eigenvalue weighted by atomic mass is 9.91. The molecule has 0 bridgehead atoms. The molecule has 1 unspecified atom stereocenters. The second-order valence-electron chi connectivity index (χ2n) is 6.55. The number of amides is 3. The normalized spacial score (nSPS) is 19.0. The molecular formula is C21H20N3O4+. The van der Waals surface area contributed by atoms with Gasteiger partial charge in [-0.05, 0) is 18.2 Å². The third-order valence-electron chi connectivity index (χ3n) is 4.90. The van der Waals surface area contributed by atoms with E-state index in [4.69, 9.17) is 9.47 Å². The minimum absolute atomic E-state index is 0.285. The molecule has 1 atom stereocenters. The van der Waals surface area contributed by atoms with Gasteiger partial charge in [-0.15, -0.1) is 0 Å². The number of imide groups is 1. The van der Waals surface area contributed by atoms with Crippen molar-refractivity contribution in [2.75, 3.05) is 26.5 Å². The first-order chi connectivity index (χ1) is 13.5. The Kier molecular flexibility index (Phi) is 4.35. The van der Waals surface area contributed by atoms with E-state index >= 15 is 0 Å². The lowest BCUT2D eigenvalue weighted by Crippen LogP contribution is -2.51. The van der Waals surface area contributed by atoms with Crippen molar-refractivity contribution >= 4 is 29.1 Å². The second-order valence-corrected chi connectivity index (χ2v) is 6.55. The molecule has 0 saturated carbocycles. The molecule has 28 heavy (non-hydrogen) atoms. The molecule has 2 aliphatic rings. The van der Waals surface area contributed by atoms with Crippen molar-refractivity contribution in [2.24, 2.45) is 5.92 Å². The Balaban J connectivity index is 1.92. The summed E-state index contributed by atoms with van der Waals surface area (Å²) < 4.78 is 12.9. The van der Waals surface area contributed by atoms with E-state index in [1.807, 2.05) is 54.6 Å². The predicted octanol–water partition coefficient (Wildman–Crippen LogP) is 2.76. The van der Waals surface area contributed by atoms with Gasteiger partial charge in [0.05, 0.1) is 26.8 Å². The van der Waals surface area contributed by atoms with Gasteiger partial charge in [-0.2, -0.15) is 14.3 Å². The van der Waals surface area contributed by atoms with Crippen LogP contribution < -0.4 is 10.1 Å². The largest absolute Gasteiger partial charge is 0.502 e. The third-order valence-corrected chi connectivity index (χ3v) is 4.90. The fourth-order valence-electron chi connectivity index (χ4n) is 3.46. The van der Waals surface area contributed by atoms with E-state index in [1.54, 1.807) is 14.2 Å². The average molecular weight is 378 g/mol. The summed E-state index contributed by atoms with van der Waals surface area (Å²) in [6.07, 6.45) is 0. The Morgan fingerprint density at radius 1 is 1.07 bits per heavy atom.